The molecular formula is C33H43FN2O5. The van der Waals surface area contributed by atoms with Crippen LogP contribution in [0, 0.1) is 17.3 Å². The molecule has 1 amide bonds. The molecule has 4 atom stereocenters. The zero-order chi connectivity index (χ0) is 29.1. The largest absolute Gasteiger partial charge is 0.457 e. The van der Waals surface area contributed by atoms with E-state index in [2.05, 4.69) is 11.9 Å². The van der Waals surface area contributed by atoms with Gasteiger partial charge in [-0.05, 0) is 81.1 Å². The summed E-state index contributed by atoms with van der Waals surface area (Å²) >= 11 is 0. The van der Waals surface area contributed by atoms with Gasteiger partial charge in [0, 0.05) is 50.3 Å². The molecule has 0 aromatic heterocycles. The van der Waals surface area contributed by atoms with Crippen LogP contribution in [0.4, 0.5) is 4.39 Å². The van der Waals surface area contributed by atoms with E-state index in [1.54, 1.807) is 20.3 Å². The van der Waals surface area contributed by atoms with Crippen molar-refractivity contribution in [2.45, 2.75) is 88.6 Å². The second-order valence-electron chi connectivity index (χ2n) is 12.1. The van der Waals surface area contributed by atoms with Crippen molar-refractivity contribution in [2.24, 2.45) is 23.0 Å². The van der Waals surface area contributed by atoms with E-state index in [0.29, 0.717) is 68.6 Å². The number of benzene rings is 1. The highest BCUT2D eigenvalue weighted by atomic mass is 19.1. The number of nitrogens with two attached hydrogens (primary N) is 1. The van der Waals surface area contributed by atoms with Crippen LogP contribution in [0.15, 0.2) is 60.0 Å². The van der Waals surface area contributed by atoms with Crippen molar-refractivity contribution in [3.05, 3.63) is 65.6 Å². The first-order chi connectivity index (χ1) is 19.8. The third-order valence-corrected chi connectivity index (χ3v) is 9.36. The third-order valence-electron chi connectivity index (χ3n) is 9.36. The number of ketones is 1. The Kier molecular flexibility index (Phi) is 9.00. The van der Waals surface area contributed by atoms with E-state index in [0.717, 1.165) is 24.0 Å². The van der Waals surface area contributed by atoms with Crippen molar-refractivity contribution in [1.82, 2.24) is 5.32 Å². The minimum Gasteiger partial charge on any atom is -0.457 e. The predicted octanol–water partition coefficient (Wildman–Crippen LogP) is 5.10. The molecule has 1 aromatic rings. The van der Waals surface area contributed by atoms with Crippen LogP contribution in [0.3, 0.4) is 0 Å². The lowest BCUT2D eigenvalue weighted by Crippen LogP contribution is -2.45. The van der Waals surface area contributed by atoms with Crippen LogP contribution in [0.1, 0.15) is 63.4 Å². The van der Waals surface area contributed by atoms with Crippen molar-refractivity contribution < 1.29 is 28.2 Å². The number of ether oxygens (including phenoxy) is 3. The molecule has 0 radical (unpaired) electrons. The SMILES string of the molecule is C=C/C=C(/Oc1ccc(C[C@H]2CC2C(=O)C2(C(=O)NC3CCC(F)CC3)CC2)cc1)C1=C(N)CC(OC)C(OC)C1. The van der Waals surface area contributed by atoms with Crippen molar-refractivity contribution in [3.8, 4) is 5.75 Å². The van der Waals surface area contributed by atoms with Crippen molar-refractivity contribution in [2.75, 3.05) is 14.2 Å². The molecule has 222 valence electrons. The normalized spacial score (nSPS) is 30.9. The number of allylic oxidation sites excluding steroid dienone is 3. The monoisotopic (exact) mass is 566 g/mol. The number of methoxy groups -OCH3 is 2. The molecule has 4 aliphatic rings. The van der Waals surface area contributed by atoms with Gasteiger partial charge in [0.15, 0.2) is 5.78 Å². The van der Waals surface area contributed by atoms with Gasteiger partial charge in [0.1, 0.15) is 23.1 Å². The van der Waals surface area contributed by atoms with Crippen LogP contribution >= 0.6 is 0 Å². The number of Topliss-reactive ketones (excluding diaryl/α,β-unsaturated/α-hetero) is 1. The molecule has 3 unspecified atom stereocenters. The van der Waals surface area contributed by atoms with Gasteiger partial charge in [-0.1, -0.05) is 24.8 Å². The number of alkyl halides is 1. The van der Waals surface area contributed by atoms with Crippen LogP contribution in [-0.4, -0.2) is 50.3 Å². The number of nitrogens with one attached hydrogen (secondary N) is 1. The number of amides is 1. The fraction of sp³-hybridized carbons (Fsp3) is 0.576. The van der Waals surface area contributed by atoms with E-state index in [9.17, 15) is 14.0 Å². The summed E-state index contributed by atoms with van der Waals surface area (Å²) in [7, 11) is 3.33. The number of halogens is 1. The number of hydrogen-bond acceptors (Lipinski definition) is 6. The molecular weight excluding hydrogens is 523 g/mol. The molecule has 5 rings (SSSR count). The molecule has 0 heterocycles. The summed E-state index contributed by atoms with van der Waals surface area (Å²) in [6.07, 6.45) is 8.80. The minimum absolute atomic E-state index is 0.00752. The summed E-state index contributed by atoms with van der Waals surface area (Å²) in [5.41, 5.74) is 8.28. The van der Waals surface area contributed by atoms with Crippen LogP contribution in [0.2, 0.25) is 0 Å². The quantitative estimate of drug-likeness (QED) is 0.208. The first kappa shape index (κ1) is 29.5. The Hall–Kier alpha value is -2.97. The molecule has 0 saturated heterocycles. The first-order valence-electron chi connectivity index (χ1n) is 14.9. The topological polar surface area (TPSA) is 99.9 Å². The number of carbonyl (C=O) groups is 2. The Bertz CT molecular complexity index is 1200. The van der Waals surface area contributed by atoms with Crippen molar-refractivity contribution >= 4 is 11.7 Å². The minimum atomic E-state index is -0.849. The Labute approximate surface area is 242 Å². The van der Waals surface area contributed by atoms with E-state index in [-0.39, 0.29) is 41.8 Å². The van der Waals surface area contributed by atoms with Gasteiger partial charge < -0.3 is 25.3 Å². The fourth-order valence-corrected chi connectivity index (χ4v) is 6.47. The molecule has 3 saturated carbocycles. The lowest BCUT2D eigenvalue weighted by atomic mass is 9.90. The third kappa shape index (κ3) is 6.59. The smallest absolute Gasteiger partial charge is 0.233 e. The van der Waals surface area contributed by atoms with Gasteiger partial charge in [-0.15, -0.1) is 0 Å². The molecule has 3 N–H and O–H groups in total. The molecule has 41 heavy (non-hydrogen) atoms. The van der Waals surface area contributed by atoms with Gasteiger partial charge in [-0.3, -0.25) is 9.59 Å². The average Bonchev–Trinajstić information content (AvgIpc) is 3.90. The second kappa shape index (κ2) is 12.5. The number of hydrogen-bond donors (Lipinski definition) is 2. The zero-order valence-electron chi connectivity index (χ0n) is 24.2. The second-order valence-corrected chi connectivity index (χ2v) is 12.1. The van der Waals surface area contributed by atoms with Crippen molar-refractivity contribution in [1.29, 1.82) is 0 Å². The van der Waals surface area contributed by atoms with Gasteiger partial charge in [0.25, 0.3) is 0 Å². The molecule has 0 bridgehead atoms. The van der Waals surface area contributed by atoms with Gasteiger partial charge in [0.05, 0.1) is 12.2 Å². The summed E-state index contributed by atoms with van der Waals surface area (Å²) < 4.78 is 30.9. The van der Waals surface area contributed by atoms with Gasteiger partial charge in [-0.25, -0.2) is 4.39 Å². The molecule has 4 aliphatic carbocycles. The van der Waals surface area contributed by atoms with E-state index >= 15 is 0 Å². The maximum Gasteiger partial charge on any atom is 0.233 e. The summed E-state index contributed by atoms with van der Waals surface area (Å²) in [5, 5.41) is 3.06. The molecule has 7 nitrogen and oxygen atoms in total. The number of carbonyl (C=O) groups excluding carboxylic acids is 2. The Morgan fingerprint density at radius 2 is 1.73 bits per heavy atom. The van der Waals surface area contributed by atoms with Gasteiger partial charge in [-0.2, -0.15) is 0 Å². The Balaban J connectivity index is 1.15. The highest BCUT2D eigenvalue weighted by molar-refractivity contribution is 6.10. The van der Waals surface area contributed by atoms with E-state index in [1.807, 2.05) is 30.3 Å². The molecule has 1 aromatic carbocycles. The summed E-state index contributed by atoms with van der Waals surface area (Å²) in [4.78, 5) is 26.4. The van der Waals surface area contributed by atoms with E-state index < -0.39 is 11.6 Å². The number of rotatable bonds is 12. The maximum atomic E-state index is 13.5. The van der Waals surface area contributed by atoms with Crippen molar-refractivity contribution in [3.63, 3.8) is 0 Å². The molecule has 0 spiro atoms. The lowest BCUT2D eigenvalue weighted by molar-refractivity contribution is -0.137. The van der Waals surface area contributed by atoms with E-state index in [1.165, 1.54) is 0 Å². The molecule has 8 heteroatoms. The zero-order valence-corrected chi connectivity index (χ0v) is 24.2. The Morgan fingerprint density at radius 3 is 2.34 bits per heavy atom. The van der Waals surface area contributed by atoms with Crippen LogP contribution in [0.25, 0.3) is 0 Å². The molecule has 0 aliphatic heterocycles. The lowest BCUT2D eigenvalue weighted by Gasteiger charge is -2.32. The van der Waals surface area contributed by atoms with Gasteiger partial charge in [0.2, 0.25) is 5.91 Å². The highest BCUT2D eigenvalue weighted by Gasteiger charge is 2.61. The van der Waals surface area contributed by atoms with Crippen LogP contribution in [-0.2, 0) is 25.5 Å². The highest BCUT2D eigenvalue weighted by Crippen LogP contribution is 2.55. The average molecular weight is 567 g/mol. The Morgan fingerprint density at radius 1 is 1.07 bits per heavy atom. The van der Waals surface area contributed by atoms with E-state index in [4.69, 9.17) is 19.9 Å². The maximum absolute atomic E-state index is 13.5. The van der Waals surface area contributed by atoms with Crippen LogP contribution in [0.5, 0.6) is 5.75 Å². The summed E-state index contributed by atoms with van der Waals surface area (Å²) in [6.45, 7) is 3.83. The van der Waals surface area contributed by atoms with Crippen LogP contribution < -0.4 is 15.8 Å². The first-order valence-corrected chi connectivity index (χ1v) is 14.9. The standard InChI is InChI=1S/C33H43FN2O5/c1-4-5-28(26-18-29(39-2)30(40-3)19-27(26)35)41-24-12-6-20(7-13-24)16-21-17-25(21)31(37)33(14-15-33)32(38)36-23-10-8-22(34)9-11-23/h4-7,12-13,21-23,25,29-30H,1,8-11,14-19,35H2,2-3H3,(H,36,38)/b28-5+/t21-,22?,23?,25?,29?,30?/m0/s1. The summed E-state index contributed by atoms with van der Waals surface area (Å²) in [5.74, 6) is 1.48. The predicted molar refractivity (Wildman–Crippen MR) is 155 cm³/mol. The summed E-state index contributed by atoms with van der Waals surface area (Å²) in [6, 6.07) is 7.90. The fourth-order valence-electron chi connectivity index (χ4n) is 6.47. The molecule has 3 fully saturated rings. The van der Waals surface area contributed by atoms with Gasteiger partial charge >= 0.3 is 0 Å².